The standard InChI is InChI=1S/C19H15BrN2O3S/c1-2-7-22-14-5-4-13(20)11-17(14)26-19(22)21-18(23)12-3-6-15-16(10-12)25-9-8-24-15/h2-6,10-11H,1,7-9H2. The molecule has 132 valence electrons. The number of ether oxygens (including phenoxy) is 2. The van der Waals surface area contributed by atoms with Crippen LogP contribution >= 0.6 is 27.3 Å². The smallest absolute Gasteiger partial charge is 0.279 e. The maximum absolute atomic E-state index is 12.7. The van der Waals surface area contributed by atoms with Gasteiger partial charge in [0.05, 0.1) is 10.2 Å². The first kappa shape index (κ1) is 17.1. The van der Waals surface area contributed by atoms with Crippen LogP contribution in [-0.4, -0.2) is 23.7 Å². The molecule has 0 atom stereocenters. The van der Waals surface area contributed by atoms with Crippen molar-refractivity contribution in [2.24, 2.45) is 4.99 Å². The lowest BCUT2D eigenvalue weighted by Crippen LogP contribution is -2.17. The zero-order chi connectivity index (χ0) is 18.1. The predicted molar refractivity (Wildman–Crippen MR) is 105 cm³/mol. The van der Waals surface area contributed by atoms with E-state index >= 15 is 0 Å². The number of hydrogen-bond donors (Lipinski definition) is 0. The van der Waals surface area contributed by atoms with E-state index in [1.54, 1.807) is 24.3 Å². The average molecular weight is 431 g/mol. The molecule has 1 amide bonds. The Labute approximate surface area is 162 Å². The average Bonchev–Trinajstić information content (AvgIpc) is 2.98. The van der Waals surface area contributed by atoms with Crippen LogP contribution in [0.4, 0.5) is 0 Å². The molecule has 0 saturated carbocycles. The largest absolute Gasteiger partial charge is 0.486 e. The van der Waals surface area contributed by atoms with Gasteiger partial charge in [0.25, 0.3) is 5.91 Å². The second-order valence-electron chi connectivity index (χ2n) is 5.67. The van der Waals surface area contributed by atoms with Gasteiger partial charge in [0, 0.05) is 16.6 Å². The molecule has 0 bridgehead atoms. The van der Waals surface area contributed by atoms with Crippen molar-refractivity contribution in [1.82, 2.24) is 4.57 Å². The Balaban J connectivity index is 1.79. The minimum Gasteiger partial charge on any atom is -0.486 e. The summed E-state index contributed by atoms with van der Waals surface area (Å²) in [5.41, 5.74) is 1.49. The van der Waals surface area contributed by atoms with Gasteiger partial charge in [-0.2, -0.15) is 4.99 Å². The van der Waals surface area contributed by atoms with Crippen molar-refractivity contribution in [2.45, 2.75) is 6.54 Å². The molecule has 0 aliphatic carbocycles. The third kappa shape index (κ3) is 3.20. The second kappa shape index (κ2) is 7.09. The lowest BCUT2D eigenvalue weighted by atomic mass is 10.2. The highest BCUT2D eigenvalue weighted by atomic mass is 79.9. The van der Waals surface area contributed by atoms with Gasteiger partial charge in [0.1, 0.15) is 13.2 Å². The van der Waals surface area contributed by atoms with Gasteiger partial charge in [-0.05, 0) is 36.4 Å². The Hall–Kier alpha value is -2.38. The summed E-state index contributed by atoms with van der Waals surface area (Å²) in [7, 11) is 0. The van der Waals surface area contributed by atoms with Crippen LogP contribution in [-0.2, 0) is 6.54 Å². The van der Waals surface area contributed by atoms with Crippen molar-refractivity contribution in [3.63, 3.8) is 0 Å². The number of benzene rings is 2. The number of rotatable bonds is 3. The molecule has 3 aromatic rings. The summed E-state index contributed by atoms with van der Waals surface area (Å²) in [6.07, 6.45) is 1.79. The van der Waals surface area contributed by atoms with E-state index in [1.165, 1.54) is 11.3 Å². The molecular weight excluding hydrogens is 416 g/mol. The molecule has 0 saturated heterocycles. The normalized spacial score (nSPS) is 13.8. The first-order valence-electron chi connectivity index (χ1n) is 8.04. The minimum atomic E-state index is -0.314. The second-order valence-corrected chi connectivity index (χ2v) is 7.60. The van der Waals surface area contributed by atoms with Crippen LogP contribution in [0.25, 0.3) is 10.2 Å². The van der Waals surface area contributed by atoms with E-state index in [0.717, 1.165) is 14.7 Å². The van der Waals surface area contributed by atoms with E-state index in [-0.39, 0.29) is 5.91 Å². The molecule has 4 rings (SSSR count). The summed E-state index contributed by atoms with van der Waals surface area (Å²) in [4.78, 5) is 17.7. The van der Waals surface area contributed by atoms with E-state index in [1.807, 2.05) is 22.8 Å². The molecule has 0 unspecified atom stereocenters. The molecule has 0 N–H and O–H groups in total. The molecule has 7 heteroatoms. The lowest BCUT2D eigenvalue weighted by Gasteiger charge is -2.18. The molecule has 1 aliphatic rings. The lowest BCUT2D eigenvalue weighted by molar-refractivity contribution is 0.0996. The summed E-state index contributed by atoms with van der Waals surface area (Å²) in [6, 6.07) is 11.1. The number of hydrogen-bond acceptors (Lipinski definition) is 4. The van der Waals surface area contributed by atoms with Crippen LogP contribution in [0, 0.1) is 0 Å². The number of halogens is 1. The summed E-state index contributed by atoms with van der Waals surface area (Å²) in [6.45, 7) is 5.38. The van der Waals surface area contributed by atoms with Gasteiger partial charge in [-0.3, -0.25) is 4.79 Å². The van der Waals surface area contributed by atoms with Gasteiger partial charge < -0.3 is 14.0 Å². The molecule has 26 heavy (non-hydrogen) atoms. The van der Waals surface area contributed by atoms with Gasteiger partial charge in [-0.15, -0.1) is 6.58 Å². The van der Waals surface area contributed by atoms with Crippen LogP contribution in [0.2, 0.25) is 0 Å². The maximum atomic E-state index is 12.7. The Kier molecular flexibility index (Phi) is 4.65. The highest BCUT2D eigenvalue weighted by molar-refractivity contribution is 9.10. The Morgan fingerprint density at radius 3 is 2.85 bits per heavy atom. The molecular formula is C19H15BrN2O3S. The maximum Gasteiger partial charge on any atom is 0.279 e. The third-order valence-electron chi connectivity index (χ3n) is 3.94. The van der Waals surface area contributed by atoms with E-state index in [4.69, 9.17) is 9.47 Å². The Morgan fingerprint density at radius 1 is 1.23 bits per heavy atom. The number of carbonyl (C=O) groups excluding carboxylic acids is 1. The molecule has 0 radical (unpaired) electrons. The topological polar surface area (TPSA) is 52.8 Å². The SMILES string of the molecule is C=CCn1c(=NC(=O)c2ccc3c(c2)OCCO3)sc2cc(Br)ccc21. The number of thiazole rings is 1. The Morgan fingerprint density at radius 2 is 2.04 bits per heavy atom. The molecule has 1 aromatic heterocycles. The molecule has 0 fully saturated rings. The number of amides is 1. The quantitative estimate of drug-likeness (QED) is 0.586. The van der Waals surface area contributed by atoms with E-state index in [2.05, 4.69) is 27.5 Å². The van der Waals surface area contributed by atoms with E-state index in [9.17, 15) is 4.79 Å². The number of fused-ring (bicyclic) bond motifs is 2. The van der Waals surface area contributed by atoms with Gasteiger partial charge in [-0.1, -0.05) is 33.3 Å². The first-order chi connectivity index (χ1) is 12.7. The van der Waals surface area contributed by atoms with Crippen LogP contribution in [0.1, 0.15) is 10.4 Å². The summed E-state index contributed by atoms with van der Waals surface area (Å²) >= 11 is 4.95. The van der Waals surface area contributed by atoms with Crippen molar-refractivity contribution in [3.05, 3.63) is 63.9 Å². The van der Waals surface area contributed by atoms with E-state index in [0.29, 0.717) is 41.6 Å². The number of allylic oxidation sites excluding steroid dienone is 1. The molecule has 5 nitrogen and oxygen atoms in total. The Bertz CT molecular complexity index is 1080. The van der Waals surface area contributed by atoms with Gasteiger partial charge in [0.15, 0.2) is 16.3 Å². The fourth-order valence-corrected chi connectivity index (χ4v) is 4.36. The minimum absolute atomic E-state index is 0.314. The zero-order valence-electron chi connectivity index (χ0n) is 13.8. The highest BCUT2D eigenvalue weighted by Gasteiger charge is 2.15. The van der Waals surface area contributed by atoms with Crippen molar-refractivity contribution in [1.29, 1.82) is 0 Å². The first-order valence-corrected chi connectivity index (χ1v) is 9.65. The number of carbonyl (C=O) groups is 1. The van der Waals surface area contributed by atoms with Crippen molar-refractivity contribution < 1.29 is 14.3 Å². The summed E-state index contributed by atoms with van der Waals surface area (Å²) in [5.74, 6) is 0.920. The fourth-order valence-electron chi connectivity index (χ4n) is 2.77. The van der Waals surface area contributed by atoms with Crippen molar-refractivity contribution >= 4 is 43.4 Å². The van der Waals surface area contributed by atoms with Crippen molar-refractivity contribution in [3.8, 4) is 11.5 Å². The van der Waals surface area contributed by atoms with Crippen LogP contribution in [0.3, 0.4) is 0 Å². The van der Waals surface area contributed by atoms with Crippen LogP contribution in [0.5, 0.6) is 11.5 Å². The summed E-state index contributed by atoms with van der Waals surface area (Å²) in [5, 5.41) is 0. The third-order valence-corrected chi connectivity index (χ3v) is 5.48. The number of nitrogens with zero attached hydrogens (tertiary/aromatic N) is 2. The molecule has 0 spiro atoms. The van der Waals surface area contributed by atoms with E-state index < -0.39 is 0 Å². The van der Waals surface area contributed by atoms with Gasteiger partial charge in [0.2, 0.25) is 0 Å². The number of aromatic nitrogens is 1. The molecule has 1 aliphatic heterocycles. The van der Waals surface area contributed by atoms with Gasteiger partial charge in [-0.25, -0.2) is 0 Å². The van der Waals surface area contributed by atoms with Crippen molar-refractivity contribution in [2.75, 3.05) is 13.2 Å². The van der Waals surface area contributed by atoms with Crippen LogP contribution in [0.15, 0.2) is 58.5 Å². The fraction of sp³-hybridized carbons (Fsp3) is 0.158. The van der Waals surface area contributed by atoms with Gasteiger partial charge >= 0.3 is 0 Å². The summed E-state index contributed by atoms with van der Waals surface area (Å²) < 4.78 is 15.1. The predicted octanol–water partition coefficient (Wildman–Crippen LogP) is 4.16. The zero-order valence-corrected chi connectivity index (χ0v) is 16.2. The monoisotopic (exact) mass is 430 g/mol. The van der Waals surface area contributed by atoms with Crippen LogP contribution < -0.4 is 14.3 Å². The highest BCUT2D eigenvalue weighted by Crippen LogP contribution is 2.31. The molecule has 2 heterocycles. The molecule has 2 aromatic carbocycles.